The first kappa shape index (κ1) is 25.2. The van der Waals surface area contributed by atoms with Gasteiger partial charge in [0, 0.05) is 16.7 Å². The van der Waals surface area contributed by atoms with Crippen molar-refractivity contribution in [2.45, 2.75) is 26.1 Å². The van der Waals surface area contributed by atoms with E-state index in [-0.39, 0.29) is 17.0 Å². The standard InChI is InChI=1S/C23H17BrF4N2O4/c1-12(2)30(21(31)15-7-5-13(24)10-18(15)25)19-8-6-14(11-16(19)22(32)33)34-20-17(23(26,27)28)4-3-9-29-20/h3-12H,1-2H3,(H,32,33). The molecule has 0 aliphatic heterocycles. The zero-order valence-corrected chi connectivity index (χ0v) is 19.3. The molecular formula is C23H17BrF4N2O4. The number of aromatic carboxylic acids is 1. The van der Waals surface area contributed by atoms with Gasteiger partial charge in [-0.05, 0) is 62.4 Å². The lowest BCUT2D eigenvalue weighted by molar-refractivity contribution is -0.138. The highest BCUT2D eigenvalue weighted by atomic mass is 79.9. The van der Waals surface area contributed by atoms with Gasteiger partial charge in [-0.15, -0.1) is 0 Å². The third-order valence-corrected chi connectivity index (χ3v) is 5.14. The summed E-state index contributed by atoms with van der Waals surface area (Å²) < 4.78 is 59.8. The van der Waals surface area contributed by atoms with Gasteiger partial charge in [0.15, 0.2) is 0 Å². The van der Waals surface area contributed by atoms with Crippen LogP contribution in [-0.4, -0.2) is 28.0 Å². The van der Waals surface area contributed by atoms with Crippen molar-refractivity contribution < 1.29 is 37.0 Å². The molecule has 178 valence electrons. The molecule has 11 heteroatoms. The summed E-state index contributed by atoms with van der Waals surface area (Å²) in [6, 6.07) is 8.51. The third-order valence-electron chi connectivity index (χ3n) is 4.65. The van der Waals surface area contributed by atoms with E-state index in [1.54, 1.807) is 13.8 Å². The molecule has 3 rings (SSSR count). The number of carboxylic acid groups (broad SMARTS) is 1. The van der Waals surface area contributed by atoms with Crippen LogP contribution in [0.25, 0.3) is 0 Å². The smallest absolute Gasteiger partial charge is 0.421 e. The number of carboxylic acids is 1. The van der Waals surface area contributed by atoms with E-state index in [9.17, 15) is 32.3 Å². The van der Waals surface area contributed by atoms with E-state index in [1.807, 2.05) is 0 Å². The van der Waals surface area contributed by atoms with Crippen molar-refractivity contribution in [2.24, 2.45) is 0 Å². The summed E-state index contributed by atoms with van der Waals surface area (Å²) in [7, 11) is 0. The van der Waals surface area contributed by atoms with Crippen LogP contribution in [0.1, 0.15) is 40.1 Å². The Morgan fingerprint density at radius 3 is 2.38 bits per heavy atom. The second kappa shape index (κ2) is 9.80. The number of hydrogen-bond acceptors (Lipinski definition) is 4. The van der Waals surface area contributed by atoms with Gasteiger partial charge in [0.1, 0.15) is 17.1 Å². The Kier molecular flexibility index (Phi) is 7.25. The number of benzene rings is 2. The maximum atomic E-state index is 14.4. The Bertz CT molecular complexity index is 1250. The molecule has 1 amide bonds. The lowest BCUT2D eigenvalue weighted by Gasteiger charge is -2.28. The Labute approximate surface area is 199 Å². The molecular weight excluding hydrogens is 524 g/mol. The van der Waals surface area contributed by atoms with Gasteiger partial charge < -0.3 is 14.7 Å². The number of alkyl halides is 3. The molecule has 2 aromatic carbocycles. The van der Waals surface area contributed by atoms with Gasteiger partial charge in [-0.3, -0.25) is 4.79 Å². The minimum absolute atomic E-state index is 0.0840. The van der Waals surface area contributed by atoms with Crippen molar-refractivity contribution in [3.05, 3.63) is 81.7 Å². The zero-order valence-electron chi connectivity index (χ0n) is 17.7. The molecule has 1 aromatic heterocycles. The highest BCUT2D eigenvalue weighted by Crippen LogP contribution is 2.37. The molecule has 34 heavy (non-hydrogen) atoms. The SMILES string of the molecule is CC(C)N(C(=O)c1ccc(Br)cc1F)c1ccc(Oc2ncccc2C(F)(F)F)cc1C(=O)O. The summed E-state index contributed by atoms with van der Waals surface area (Å²) in [4.78, 5) is 29.8. The van der Waals surface area contributed by atoms with Gasteiger partial charge in [0.2, 0.25) is 5.88 Å². The lowest BCUT2D eigenvalue weighted by Crippen LogP contribution is -2.38. The van der Waals surface area contributed by atoms with Gasteiger partial charge in [-0.1, -0.05) is 15.9 Å². The Hall–Kier alpha value is -3.47. The van der Waals surface area contributed by atoms with Crippen molar-refractivity contribution >= 4 is 33.5 Å². The van der Waals surface area contributed by atoms with Gasteiger partial charge in [-0.2, -0.15) is 13.2 Å². The molecule has 0 fully saturated rings. The number of carbonyl (C=O) groups excluding carboxylic acids is 1. The van der Waals surface area contributed by atoms with Crippen LogP contribution in [0, 0.1) is 5.82 Å². The summed E-state index contributed by atoms with van der Waals surface area (Å²) >= 11 is 3.11. The fraction of sp³-hybridized carbons (Fsp3) is 0.174. The average Bonchev–Trinajstić information content (AvgIpc) is 2.74. The molecule has 0 saturated heterocycles. The minimum atomic E-state index is -4.74. The van der Waals surface area contributed by atoms with Crippen LogP contribution in [0.3, 0.4) is 0 Å². The molecule has 0 saturated carbocycles. The number of pyridine rings is 1. The highest BCUT2D eigenvalue weighted by molar-refractivity contribution is 9.10. The van der Waals surface area contributed by atoms with Crippen LogP contribution >= 0.6 is 15.9 Å². The van der Waals surface area contributed by atoms with Crippen molar-refractivity contribution in [1.82, 2.24) is 4.98 Å². The molecule has 1 heterocycles. The monoisotopic (exact) mass is 540 g/mol. The van der Waals surface area contributed by atoms with Crippen LogP contribution in [0.5, 0.6) is 11.6 Å². The first-order valence-corrected chi connectivity index (χ1v) is 10.6. The fourth-order valence-corrected chi connectivity index (χ4v) is 3.51. The highest BCUT2D eigenvalue weighted by Gasteiger charge is 2.35. The van der Waals surface area contributed by atoms with Crippen LogP contribution in [0.15, 0.2) is 59.2 Å². The number of amides is 1. The maximum Gasteiger partial charge on any atom is 0.421 e. The number of hydrogen-bond donors (Lipinski definition) is 1. The molecule has 0 atom stereocenters. The van der Waals surface area contributed by atoms with Crippen molar-refractivity contribution in [2.75, 3.05) is 4.90 Å². The number of aromatic nitrogens is 1. The van der Waals surface area contributed by atoms with Crippen molar-refractivity contribution in [3.63, 3.8) is 0 Å². The second-order valence-electron chi connectivity index (χ2n) is 7.33. The van der Waals surface area contributed by atoms with E-state index < -0.39 is 46.9 Å². The number of nitrogens with zero attached hydrogens (tertiary/aromatic N) is 2. The molecule has 0 spiro atoms. The van der Waals surface area contributed by atoms with Gasteiger partial charge in [-0.25, -0.2) is 14.2 Å². The first-order valence-electron chi connectivity index (χ1n) is 9.76. The third kappa shape index (κ3) is 5.36. The summed E-state index contributed by atoms with van der Waals surface area (Å²) in [5.74, 6) is -4.06. The van der Waals surface area contributed by atoms with Crippen LogP contribution in [-0.2, 0) is 6.18 Å². The van der Waals surface area contributed by atoms with E-state index >= 15 is 0 Å². The summed E-state index contributed by atoms with van der Waals surface area (Å²) in [6.45, 7) is 3.21. The topological polar surface area (TPSA) is 79.7 Å². The summed E-state index contributed by atoms with van der Waals surface area (Å²) in [5.41, 5.74) is -1.93. The van der Waals surface area contributed by atoms with E-state index in [1.165, 1.54) is 24.3 Å². The van der Waals surface area contributed by atoms with E-state index in [0.29, 0.717) is 4.47 Å². The van der Waals surface area contributed by atoms with Gasteiger partial charge >= 0.3 is 12.1 Å². The molecule has 3 aromatic rings. The largest absolute Gasteiger partial charge is 0.478 e. The van der Waals surface area contributed by atoms with Crippen molar-refractivity contribution in [3.8, 4) is 11.6 Å². The molecule has 0 aliphatic rings. The van der Waals surface area contributed by atoms with E-state index in [4.69, 9.17) is 4.74 Å². The molecule has 0 radical (unpaired) electrons. The Morgan fingerprint density at radius 2 is 1.79 bits per heavy atom. The minimum Gasteiger partial charge on any atom is -0.478 e. The predicted molar refractivity (Wildman–Crippen MR) is 119 cm³/mol. The molecule has 0 unspecified atom stereocenters. The maximum absolute atomic E-state index is 14.4. The van der Waals surface area contributed by atoms with Gasteiger partial charge in [0.05, 0.1) is 16.8 Å². The van der Waals surface area contributed by atoms with Crippen LogP contribution in [0.2, 0.25) is 0 Å². The van der Waals surface area contributed by atoms with Crippen molar-refractivity contribution in [1.29, 1.82) is 0 Å². The van der Waals surface area contributed by atoms with Crippen LogP contribution in [0.4, 0.5) is 23.2 Å². The Morgan fingerprint density at radius 1 is 1.09 bits per heavy atom. The quantitative estimate of drug-likeness (QED) is 0.359. The molecule has 6 nitrogen and oxygen atoms in total. The lowest BCUT2D eigenvalue weighted by atomic mass is 10.1. The number of halogens is 5. The average molecular weight is 541 g/mol. The molecule has 1 N–H and O–H groups in total. The summed E-state index contributed by atoms with van der Waals surface area (Å²) in [5, 5.41) is 9.74. The number of carbonyl (C=O) groups is 2. The summed E-state index contributed by atoms with van der Waals surface area (Å²) in [6.07, 6.45) is -3.64. The van der Waals surface area contributed by atoms with Crippen LogP contribution < -0.4 is 9.64 Å². The molecule has 0 aliphatic carbocycles. The predicted octanol–water partition coefficient (Wildman–Crippen LogP) is 6.55. The number of ether oxygens (including phenoxy) is 1. The first-order chi connectivity index (χ1) is 15.9. The molecule has 0 bridgehead atoms. The number of rotatable bonds is 6. The second-order valence-corrected chi connectivity index (χ2v) is 8.25. The van der Waals surface area contributed by atoms with Gasteiger partial charge in [0.25, 0.3) is 5.91 Å². The normalized spacial score (nSPS) is 11.4. The van der Waals surface area contributed by atoms with E-state index in [2.05, 4.69) is 20.9 Å². The van der Waals surface area contributed by atoms with E-state index in [0.717, 1.165) is 35.4 Å². The number of anilines is 1. The zero-order chi connectivity index (χ0) is 25.2. The fourth-order valence-electron chi connectivity index (χ4n) is 3.17. The Balaban J connectivity index is 2.05.